The predicted molar refractivity (Wildman–Crippen MR) is 69.5 cm³/mol. The van der Waals surface area contributed by atoms with Crippen LogP contribution in [0.4, 0.5) is 0 Å². The Balaban J connectivity index is 2.73. The van der Waals surface area contributed by atoms with E-state index in [-0.39, 0.29) is 0 Å². The van der Waals surface area contributed by atoms with Crippen molar-refractivity contribution in [2.75, 3.05) is 0 Å². The van der Waals surface area contributed by atoms with Crippen LogP contribution in [-0.2, 0) is 4.79 Å². The van der Waals surface area contributed by atoms with Gasteiger partial charge in [0.2, 0.25) is 0 Å². The minimum Gasteiger partial charge on any atom is -0.481 e. The summed E-state index contributed by atoms with van der Waals surface area (Å²) >= 11 is 0. The fourth-order valence-electron chi connectivity index (χ4n) is 2.08. The Labute approximate surface area is 101 Å². The number of aliphatic carboxylic acids is 1. The molecule has 88 valence electrons. The van der Waals surface area contributed by atoms with Crippen molar-refractivity contribution in [3.05, 3.63) is 47.0 Å². The van der Waals surface area contributed by atoms with Crippen LogP contribution in [0.15, 0.2) is 30.3 Å². The molecule has 0 aromatic heterocycles. The molecular weight excluding hydrogens is 212 g/mol. The lowest BCUT2D eigenvalue weighted by atomic mass is 9.92. The number of carbonyl (C=O) groups is 1. The first-order valence-corrected chi connectivity index (χ1v) is 5.73. The highest BCUT2D eigenvalue weighted by Crippen LogP contribution is 2.28. The van der Waals surface area contributed by atoms with Crippen LogP contribution in [0.2, 0.25) is 0 Å². The van der Waals surface area contributed by atoms with E-state index in [2.05, 4.69) is 26.0 Å². The molecule has 0 amide bonds. The van der Waals surface area contributed by atoms with E-state index in [1.807, 2.05) is 18.2 Å². The third-order valence-corrected chi connectivity index (χ3v) is 3.37. The van der Waals surface area contributed by atoms with Crippen molar-refractivity contribution in [3.8, 4) is 0 Å². The molecule has 17 heavy (non-hydrogen) atoms. The molecule has 0 heterocycles. The van der Waals surface area contributed by atoms with Gasteiger partial charge in [-0.2, -0.15) is 0 Å². The van der Waals surface area contributed by atoms with Crippen LogP contribution in [0.3, 0.4) is 0 Å². The first-order chi connectivity index (χ1) is 8.00. The third kappa shape index (κ3) is 2.03. The lowest BCUT2D eigenvalue weighted by Gasteiger charge is -2.12. The minimum atomic E-state index is -0.782. The Hall–Kier alpha value is -1.83. The van der Waals surface area contributed by atoms with E-state index >= 15 is 0 Å². The van der Waals surface area contributed by atoms with Crippen LogP contribution in [0.5, 0.6) is 0 Å². The van der Waals surface area contributed by atoms with Gasteiger partial charge in [-0.1, -0.05) is 30.3 Å². The fraction of sp³-hybridized carbons (Fsp3) is 0.267. The van der Waals surface area contributed by atoms with E-state index < -0.39 is 11.9 Å². The van der Waals surface area contributed by atoms with Gasteiger partial charge in [0.25, 0.3) is 0 Å². The van der Waals surface area contributed by atoms with Gasteiger partial charge >= 0.3 is 5.97 Å². The van der Waals surface area contributed by atoms with Gasteiger partial charge in [0.1, 0.15) is 0 Å². The van der Waals surface area contributed by atoms with Crippen LogP contribution in [0.1, 0.15) is 29.5 Å². The van der Waals surface area contributed by atoms with Gasteiger partial charge in [-0.05, 0) is 48.2 Å². The summed E-state index contributed by atoms with van der Waals surface area (Å²) in [5, 5.41) is 11.3. The average molecular weight is 228 g/mol. The van der Waals surface area contributed by atoms with E-state index in [4.69, 9.17) is 5.11 Å². The molecule has 2 aromatic rings. The van der Waals surface area contributed by atoms with Gasteiger partial charge in [-0.25, -0.2) is 0 Å². The summed E-state index contributed by atoms with van der Waals surface area (Å²) in [6.07, 6.45) is 0. The molecule has 0 saturated heterocycles. The highest BCUT2D eigenvalue weighted by atomic mass is 16.4. The normalized spacial score (nSPS) is 12.6. The van der Waals surface area contributed by atoms with E-state index in [1.54, 1.807) is 6.92 Å². The van der Waals surface area contributed by atoms with Gasteiger partial charge < -0.3 is 5.11 Å². The summed E-state index contributed by atoms with van der Waals surface area (Å²) in [6, 6.07) is 10.0. The summed E-state index contributed by atoms with van der Waals surface area (Å²) in [6.45, 7) is 5.85. The van der Waals surface area contributed by atoms with Gasteiger partial charge in [0, 0.05) is 0 Å². The number of carboxylic acids is 1. The first-order valence-electron chi connectivity index (χ1n) is 5.73. The van der Waals surface area contributed by atoms with E-state index in [9.17, 15) is 4.79 Å². The zero-order valence-corrected chi connectivity index (χ0v) is 10.3. The Kier molecular flexibility index (Phi) is 2.88. The number of hydrogen-bond acceptors (Lipinski definition) is 1. The molecular formula is C15H16O2. The zero-order chi connectivity index (χ0) is 12.6. The number of rotatable bonds is 2. The van der Waals surface area contributed by atoms with E-state index in [0.29, 0.717) is 0 Å². The van der Waals surface area contributed by atoms with Crippen molar-refractivity contribution in [3.63, 3.8) is 0 Å². The van der Waals surface area contributed by atoms with E-state index in [0.717, 1.165) is 16.3 Å². The second kappa shape index (κ2) is 4.21. The maximum atomic E-state index is 11.1. The number of fused-ring (bicyclic) bond motifs is 1. The second-order valence-corrected chi connectivity index (χ2v) is 4.56. The highest BCUT2D eigenvalue weighted by molar-refractivity contribution is 5.91. The Morgan fingerprint density at radius 1 is 1.18 bits per heavy atom. The fourth-order valence-corrected chi connectivity index (χ4v) is 2.08. The molecule has 1 unspecified atom stereocenters. The third-order valence-electron chi connectivity index (χ3n) is 3.37. The molecule has 0 spiro atoms. The number of aryl methyl sites for hydroxylation is 2. The number of carboxylic acid groups (broad SMARTS) is 1. The summed E-state index contributed by atoms with van der Waals surface area (Å²) < 4.78 is 0. The lowest BCUT2D eigenvalue weighted by molar-refractivity contribution is -0.138. The van der Waals surface area contributed by atoms with Crippen LogP contribution in [-0.4, -0.2) is 11.1 Å². The largest absolute Gasteiger partial charge is 0.481 e. The molecule has 0 fully saturated rings. The second-order valence-electron chi connectivity index (χ2n) is 4.56. The van der Waals surface area contributed by atoms with Gasteiger partial charge in [0.15, 0.2) is 0 Å². The first kappa shape index (κ1) is 11.6. The maximum Gasteiger partial charge on any atom is 0.310 e. The van der Waals surface area contributed by atoms with Crippen LogP contribution in [0, 0.1) is 13.8 Å². The molecule has 0 aliphatic carbocycles. The van der Waals surface area contributed by atoms with Crippen molar-refractivity contribution in [2.45, 2.75) is 26.7 Å². The summed E-state index contributed by atoms with van der Waals surface area (Å²) in [4.78, 5) is 11.1. The summed E-state index contributed by atoms with van der Waals surface area (Å²) in [5.74, 6) is -1.25. The van der Waals surface area contributed by atoms with Crippen LogP contribution < -0.4 is 0 Å². The molecule has 2 nitrogen and oxygen atoms in total. The van der Waals surface area contributed by atoms with Crippen molar-refractivity contribution in [1.29, 1.82) is 0 Å². The molecule has 0 aliphatic heterocycles. The Bertz CT molecular complexity index is 585. The standard InChI is InChI=1S/C15H16O2/c1-9-7-12-5-4-6-13(11(3)15(16)17)14(12)8-10(9)2/h4-8,11H,1-3H3,(H,16,17). The number of hydrogen-bond donors (Lipinski definition) is 1. The van der Waals surface area contributed by atoms with Crippen molar-refractivity contribution < 1.29 is 9.90 Å². The monoisotopic (exact) mass is 228 g/mol. The smallest absolute Gasteiger partial charge is 0.310 e. The molecule has 0 saturated carbocycles. The molecule has 2 aromatic carbocycles. The van der Waals surface area contributed by atoms with Gasteiger partial charge in [-0.3, -0.25) is 4.79 Å². The zero-order valence-electron chi connectivity index (χ0n) is 10.3. The SMILES string of the molecule is Cc1cc2cccc(C(C)C(=O)O)c2cc1C. The molecule has 1 atom stereocenters. The average Bonchev–Trinajstić information content (AvgIpc) is 2.29. The summed E-state index contributed by atoms with van der Waals surface area (Å²) in [5.41, 5.74) is 3.32. The van der Waals surface area contributed by atoms with E-state index in [1.165, 1.54) is 11.1 Å². The minimum absolute atomic E-state index is 0.471. The van der Waals surface area contributed by atoms with Gasteiger partial charge in [-0.15, -0.1) is 0 Å². The van der Waals surface area contributed by atoms with Crippen LogP contribution in [0.25, 0.3) is 10.8 Å². The van der Waals surface area contributed by atoms with Crippen molar-refractivity contribution in [1.82, 2.24) is 0 Å². The number of benzene rings is 2. The molecule has 2 rings (SSSR count). The van der Waals surface area contributed by atoms with Gasteiger partial charge in [0.05, 0.1) is 5.92 Å². The molecule has 0 aliphatic rings. The summed E-state index contributed by atoms with van der Waals surface area (Å²) in [7, 11) is 0. The van der Waals surface area contributed by atoms with Crippen molar-refractivity contribution >= 4 is 16.7 Å². The maximum absolute atomic E-state index is 11.1. The topological polar surface area (TPSA) is 37.3 Å². The quantitative estimate of drug-likeness (QED) is 0.852. The molecule has 0 radical (unpaired) electrons. The predicted octanol–water partition coefficient (Wildman–Crippen LogP) is 3.64. The van der Waals surface area contributed by atoms with Crippen molar-refractivity contribution in [2.24, 2.45) is 0 Å². The Morgan fingerprint density at radius 2 is 1.82 bits per heavy atom. The molecule has 0 bridgehead atoms. The molecule has 2 heteroatoms. The highest BCUT2D eigenvalue weighted by Gasteiger charge is 2.16. The van der Waals surface area contributed by atoms with Crippen LogP contribution >= 0.6 is 0 Å². The lowest BCUT2D eigenvalue weighted by Crippen LogP contribution is -2.07. The molecule has 1 N–H and O–H groups in total. The Morgan fingerprint density at radius 3 is 2.47 bits per heavy atom.